The highest BCUT2D eigenvalue weighted by Crippen LogP contribution is 2.19. The molecule has 2 aromatic rings. The minimum atomic E-state index is -0.297. The number of benzene rings is 1. The summed E-state index contributed by atoms with van der Waals surface area (Å²) in [4.78, 5) is 2.06. The molecule has 1 aliphatic heterocycles. The number of halogens is 1. The fourth-order valence-electron chi connectivity index (χ4n) is 2.17. The molecule has 0 unspecified atom stereocenters. The highest BCUT2D eigenvalue weighted by molar-refractivity contribution is 5.51. The first kappa shape index (κ1) is 12.3. The summed E-state index contributed by atoms with van der Waals surface area (Å²) in [5, 5.41) is 17.4. The number of hydrogen-bond donors (Lipinski definition) is 1. The molecular weight excluding hydrogens is 249 g/mol. The zero-order valence-electron chi connectivity index (χ0n) is 10.3. The maximum absolute atomic E-state index is 12.8. The Morgan fingerprint density at radius 2 is 2.11 bits per heavy atom. The fraction of sp³-hybridized carbons (Fsp3) is 0.385. The van der Waals surface area contributed by atoms with Gasteiger partial charge in [0.1, 0.15) is 5.82 Å². The molecule has 1 aliphatic rings. The van der Waals surface area contributed by atoms with E-state index in [1.165, 1.54) is 12.1 Å². The van der Waals surface area contributed by atoms with Gasteiger partial charge in [-0.3, -0.25) is 4.90 Å². The molecule has 1 saturated heterocycles. The van der Waals surface area contributed by atoms with Gasteiger partial charge in [0.25, 0.3) is 0 Å². The second kappa shape index (κ2) is 5.07. The van der Waals surface area contributed by atoms with Crippen molar-refractivity contribution in [2.45, 2.75) is 19.1 Å². The Hall–Kier alpha value is -1.79. The van der Waals surface area contributed by atoms with Crippen LogP contribution in [0.2, 0.25) is 0 Å². The highest BCUT2D eigenvalue weighted by atomic mass is 19.1. The lowest BCUT2D eigenvalue weighted by Crippen LogP contribution is -2.21. The molecule has 0 radical (unpaired) electrons. The summed E-state index contributed by atoms with van der Waals surface area (Å²) in [6, 6.07) is 5.92. The van der Waals surface area contributed by atoms with Gasteiger partial charge in [-0.15, -0.1) is 10.2 Å². The van der Waals surface area contributed by atoms with Crippen molar-refractivity contribution in [3.05, 3.63) is 36.0 Å². The van der Waals surface area contributed by atoms with Crippen molar-refractivity contribution in [2.24, 2.45) is 0 Å². The van der Waals surface area contributed by atoms with Crippen LogP contribution in [0.4, 0.5) is 4.39 Å². The van der Waals surface area contributed by atoms with E-state index in [0.29, 0.717) is 30.4 Å². The number of nitrogens with zero attached hydrogens (tertiary/aromatic N) is 3. The van der Waals surface area contributed by atoms with Crippen molar-refractivity contribution in [1.82, 2.24) is 15.1 Å². The lowest BCUT2D eigenvalue weighted by molar-refractivity contribution is 0.171. The van der Waals surface area contributed by atoms with Gasteiger partial charge in [0.15, 0.2) is 0 Å². The first-order valence-electron chi connectivity index (χ1n) is 6.19. The molecule has 0 bridgehead atoms. The van der Waals surface area contributed by atoms with E-state index in [1.54, 1.807) is 12.1 Å². The maximum Gasteiger partial charge on any atom is 0.247 e. The molecule has 0 saturated carbocycles. The molecule has 0 amide bonds. The minimum absolute atomic E-state index is 0.264. The van der Waals surface area contributed by atoms with Crippen molar-refractivity contribution in [1.29, 1.82) is 0 Å². The number of aliphatic hydroxyl groups excluding tert-OH is 1. The van der Waals surface area contributed by atoms with E-state index in [0.717, 1.165) is 13.0 Å². The first-order valence-corrected chi connectivity index (χ1v) is 6.19. The topological polar surface area (TPSA) is 62.4 Å². The summed E-state index contributed by atoms with van der Waals surface area (Å²) in [5.74, 6) is 0.595. The smallest absolute Gasteiger partial charge is 0.247 e. The van der Waals surface area contributed by atoms with E-state index in [-0.39, 0.29) is 11.9 Å². The summed E-state index contributed by atoms with van der Waals surface area (Å²) in [5.41, 5.74) is 0.696. The normalized spacial score (nSPS) is 20.0. The Morgan fingerprint density at radius 3 is 2.79 bits per heavy atom. The molecule has 1 atom stereocenters. The Morgan fingerprint density at radius 1 is 1.32 bits per heavy atom. The van der Waals surface area contributed by atoms with E-state index in [4.69, 9.17) is 4.42 Å². The van der Waals surface area contributed by atoms with Gasteiger partial charge in [-0.1, -0.05) is 0 Å². The van der Waals surface area contributed by atoms with Gasteiger partial charge < -0.3 is 9.52 Å². The predicted molar refractivity (Wildman–Crippen MR) is 65.6 cm³/mol. The van der Waals surface area contributed by atoms with Crippen LogP contribution in [0, 0.1) is 5.82 Å². The van der Waals surface area contributed by atoms with Crippen molar-refractivity contribution in [3.63, 3.8) is 0 Å². The molecule has 1 aromatic heterocycles. The van der Waals surface area contributed by atoms with Crippen LogP contribution in [0.5, 0.6) is 0 Å². The second-order valence-electron chi connectivity index (χ2n) is 4.69. The molecule has 1 aromatic carbocycles. The fourth-order valence-corrected chi connectivity index (χ4v) is 2.17. The number of β-amino-alcohol motifs (C(OH)–C–C–N with tert-alkyl or cyclic N) is 1. The van der Waals surface area contributed by atoms with Crippen molar-refractivity contribution in [3.8, 4) is 11.5 Å². The van der Waals surface area contributed by atoms with Gasteiger partial charge in [-0.2, -0.15) is 0 Å². The Bertz CT molecular complexity index is 555. The van der Waals surface area contributed by atoms with E-state index in [9.17, 15) is 9.50 Å². The Labute approximate surface area is 109 Å². The van der Waals surface area contributed by atoms with Crippen LogP contribution < -0.4 is 0 Å². The lowest BCUT2D eigenvalue weighted by Gasteiger charge is -2.10. The summed E-state index contributed by atoms with van der Waals surface area (Å²) < 4.78 is 18.4. The third-order valence-corrected chi connectivity index (χ3v) is 3.16. The molecule has 100 valence electrons. The SMILES string of the molecule is O[C@@H]1CCN(Cc2nnc(-c3ccc(F)cc3)o2)C1. The largest absolute Gasteiger partial charge is 0.419 e. The van der Waals surface area contributed by atoms with Gasteiger partial charge >= 0.3 is 0 Å². The van der Waals surface area contributed by atoms with Crippen molar-refractivity contribution in [2.75, 3.05) is 13.1 Å². The van der Waals surface area contributed by atoms with Gasteiger partial charge in [0, 0.05) is 18.7 Å². The molecule has 0 aliphatic carbocycles. The number of hydrogen-bond acceptors (Lipinski definition) is 5. The van der Waals surface area contributed by atoms with E-state index < -0.39 is 0 Å². The van der Waals surface area contributed by atoms with Crippen LogP contribution in [0.1, 0.15) is 12.3 Å². The molecule has 1 N–H and O–H groups in total. The van der Waals surface area contributed by atoms with Crippen LogP contribution in [0.3, 0.4) is 0 Å². The molecule has 3 rings (SSSR count). The van der Waals surface area contributed by atoms with Gasteiger partial charge in [0.05, 0.1) is 12.6 Å². The summed E-state index contributed by atoms with van der Waals surface area (Å²) >= 11 is 0. The Kier molecular flexibility index (Phi) is 3.27. The van der Waals surface area contributed by atoms with Crippen LogP contribution in [-0.4, -0.2) is 39.4 Å². The van der Waals surface area contributed by atoms with E-state index >= 15 is 0 Å². The molecule has 19 heavy (non-hydrogen) atoms. The molecule has 1 fully saturated rings. The highest BCUT2D eigenvalue weighted by Gasteiger charge is 2.22. The molecule has 0 spiro atoms. The van der Waals surface area contributed by atoms with Crippen LogP contribution >= 0.6 is 0 Å². The first-order chi connectivity index (χ1) is 9.20. The van der Waals surface area contributed by atoms with E-state index in [1.807, 2.05) is 0 Å². The van der Waals surface area contributed by atoms with Crippen LogP contribution in [-0.2, 0) is 6.54 Å². The third-order valence-electron chi connectivity index (χ3n) is 3.16. The zero-order chi connectivity index (χ0) is 13.2. The lowest BCUT2D eigenvalue weighted by atomic mass is 10.2. The van der Waals surface area contributed by atoms with Crippen LogP contribution in [0.25, 0.3) is 11.5 Å². The van der Waals surface area contributed by atoms with Crippen molar-refractivity contribution >= 4 is 0 Å². The predicted octanol–water partition coefficient (Wildman–Crippen LogP) is 1.44. The Balaban J connectivity index is 1.71. The summed E-state index contributed by atoms with van der Waals surface area (Å²) in [7, 11) is 0. The average molecular weight is 263 g/mol. The monoisotopic (exact) mass is 263 g/mol. The van der Waals surface area contributed by atoms with Gasteiger partial charge in [-0.25, -0.2) is 4.39 Å². The van der Waals surface area contributed by atoms with Crippen molar-refractivity contribution < 1.29 is 13.9 Å². The maximum atomic E-state index is 12.8. The standard InChI is InChI=1S/C13H14FN3O2/c14-10-3-1-9(2-4-10)13-16-15-12(19-13)8-17-6-5-11(18)7-17/h1-4,11,18H,5-8H2/t11-/m1/s1. The van der Waals surface area contributed by atoms with E-state index in [2.05, 4.69) is 15.1 Å². The van der Waals surface area contributed by atoms with Gasteiger partial charge in [0.2, 0.25) is 11.8 Å². The molecule has 5 nitrogen and oxygen atoms in total. The summed E-state index contributed by atoms with van der Waals surface area (Å²) in [6.45, 7) is 1.99. The number of likely N-dealkylation sites (tertiary alicyclic amines) is 1. The number of aliphatic hydroxyl groups is 1. The second-order valence-corrected chi connectivity index (χ2v) is 4.69. The minimum Gasteiger partial charge on any atom is -0.419 e. The average Bonchev–Trinajstić information content (AvgIpc) is 3.00. The zero-order valence-corrected chi connectivity index (χ0v) is 10.3. The summed E-state index contributed by atoms with van der Waals surface area (Å²) in [6.07, 6.45) is 0.512. The molecular formula is C13H14FN3O2. The number of aromatic nitrogens is 2. The third kappa shape index (κ3) is 2.80. The molecule has 2 heterocycles. The number of rotatable bonds is 3. The quantitative estimate of drug-likeness (QED) is 0.908. The molecule has 6 heteroatoms. The van der Waals surface area contributed by atoms with Gasteiger partial charge in [-0.05, 0) is 30.7 Å². The van der Waals surface area contributed by atoms with Crippen LogP contribution in [0.15, 0.2) is 28.7 Å².